The Bertz CT molecular complexity index is 455. The van der Waals surface area contributed by atoms with E-state index >= 15 is 0 Å². The summed E-state index contributed by atoms with van der Waals surface area (Å²) in [6.07, 6.45) is 0. The summed E-state index contributed by atoms with van der Waals surface area (Å²) in [6, 6.07) is 3.30. The van der Waals surface area contributed by atoms with Gasteiger partial charge in [0, 0.05) is 24.6 Å². The zero-order chi connectivity index (χ0) is 13.6. The van der Waals surface area contributed by atoms with Crippen LogP contribution in [0.5, 0.6) is 0 Å². The van der Waals surface area contributed by atoms with Crippen LogP contribution in [0.2, 0.25) is 0 Å². The molecule has 0 saturated carbocycles. The highest BCUT2D eigenvalue weighted by molar-refractivity contribution is 7.91. The van der Waals surface area contributed by atoms with Crippen LogP contribution in [0.3, 0.4) is 0 Å². The van der Waals surface area contributed by atoms with Crippen molar-refractivity contribution >= 4 is 21.4 Å². The highest BCUT2D eigenvalue weighted by Crippen LogP contribution is 2.20. The van der Waals surface area contributed by atoms with Gasteiger partial charge in [-0.25, -0.2) is 13.1 Å². The molecule has 1 aromatic heterocycles. The molecule has 0 atom stereocenters. The Morgan fingerprint density at radius 1 is 1.44 bits per heavy atom. The van der Waals surface area contributed by atoms with E-state index in [1.165, 1.54) is 11.3 Å². The van der Waals surface area contributed by atoms with Crippen molar-refractivity contribution in [1.82, 2.24) is 4.72 Å². The fourth-order valence-electron chi connectivity index (χ4n) is 1.25. The lowest BCUT2D eigenvalue weighted by Gasteiger charge is -2.07. The number of sulfonamides is 1. The zero-order valence-corrected chi connectivity index (χ0v) is 12.3. The first-order valence-corrected chi connectivity index (χ1v) is 8.12. The minimum absolute atomic E-state index is 0.283. The van der Waals surface area contributed by atoms with Crippen LogP contribution in [-0.2, 0) is 21.3 Å². The molecule has 0 spiro atoms. The molecular formula is C11H20N2O3S2. The quantitative estimate of drug-likeness (QED) is 0.704. The van der Waals surface area contributed by atoms with E-state index < -0.39 is 10.0 Å². The average molecular weight is 292 g/mol. The number of ether oxygens (including phenoxy) is 1. The maximum Gasteiger partial charge on any atom is 0.250 e. The molecule has 1 heterocycles. The molecule has 1 aromatic rings. The van der Waals surface area contributed by atoms with Crippen LogP contribution in [-0.4, -0.2) is 28.2 Å². The molecule has 0 aliphatic carbocycles. The molecule has 5 nitrogen and oxygen atoms in total. The van der Waals surface area contributed by atoms with Gasteiger partial charge >= 0.3 is 0 Å². The third-order valence-corrected chi connectivity index (χ3v) is 5.15. The van der Waals surface area contributed by atoms with Gasteiger partial charge in [-0.2, -0.15) is 0 Å². The predicted octanol–water partition coefficient (Wildman–Crippen LogP) is 1.16. The molecule has 0 amide bonds. The second-order valence-corrected chi connectivity index (χ2v) is 7.45. The molecule has 0 bridgehead atoms. The van der Waals surface area contributed by atoms with Gasteiger partial charge in [-0.1, -0.05) is 13.8 Å². The summed E-state index contributed by atoms with van der Waals surface area (Å²) in [5, 5.41) is 0. The molecule has 0 unspecified atom stereocenters. The zero-order valence-electron chi connectivity index (χ0n) is 10.7. The van der Waals surface area contributed by atoms with Crippen molar-refractivity contribution in [1.29, 1.82) is 0 Å². The van der Waals surface area contributed by atoms with Crippen molar-refractivity contribution in [2.45, 2.75) is 24.6 Å². The summed E-state index contributed by atoms with van der Waals surface area (Å²) in [4.78, 5) is 0.853. The number of nitrogens with one attached hydrogen (secondary N) is 1. The molecule has 104 valence electrons. The van der Waals surface area contributed by atoms with E-state index in [1.807, 2.05) is 13.8 Å². The van der Waals surface area contributed by atoms with Crippen molar-refractivity contribution in [2.75, 3.05) is 19.8 Å². The van der Waals surface area contributed by atoms with Crippen molar-refractivity contribution in [3.05, 3.63) is 17.0 Å². The molecule has 0 aliphatic heterocycles. The smallest absolute Gasteiger partial charge is 0.250 e. The summed E-state index contributed by atoms with van der Waals surface area (Å²) in [5.74, 6) is 0.450. The lowest BCUT2D eigenvalue weighted by Crippen LogP contribution is -2.27. The van der Waals surface area contributed by atoms with Crippen LogP contribution in [0.4, 0.5) is 0 Å². The largest absolute Gasteiger partial charge is 0.380 e. The summed E-state index contributed by atoms with van der Waals surface area (Å²) in [5.41, 5.74) is 5.45. The van der Waals surface area contributed by atoms with E-state index in [-0.39, 0.29) is 6.54 Å². The van der Waals surface area contributed by atoms with E-state index in [9.17, 15) is 8.42 Å². The maximum atomic E-state index is 11.9. The molecule has 0 fully saturated rings. The van der Waals surface area contributed by atoms with Crippen LogP contribution >= 0.6 is 11.3 Å². The predicted molar refractivity (Wildman–Crippen MR) is 73.1 cm³/mol. The lowest BCUT2D eigenvalue weighted by molar-refractivity contribution is 0.114. The number of thiophene rings is 1. The fraction of sp³-hybridized carbons (Fsp3) is 0.636. The Labute approximate surface area is 112 Å². The van der Waals surface area contributed by atoms with Crippen LogP contribution in [0.25, 0.3) is 0 Å². The molecule has 0 aliphatic rings. The topological polar surface area (TPSA) is 81.4 Å². The Kier molecular flexibility index (Phi) is 6.24. The molecule has 1 rings (SSSR count). The number of rotatable bonds is 8. The molecule has 3 N–H and O–H groups in total. The maximum absolute atomic E-state index is 11.9. The average Bonchev–Trinajstić information content (AvgIpc) is 2.77. The van der Waals surface area contributed by atoms with Gasteiger partial charge in [-0.3, -0.25) is 0 Å². The monoisotopic (exact) mass is 292 g/mol. The molecular weight excluding hydrogens is 272 g/mol. The second-order valence-electron chi connectivity index (χ2n) is 4.29. The minimum atomic E-state index is -3.42. The number of hydrogen-bond acceptors (Lipinski definition) is 5. The van der Waals surface area contributed by atoms with E-state index in [2.05, 4.69) is 4.72 Å². The molecule has 0 radical (unpaired) electrons. The van der Waals surface area contributed by atoms with Gasteiger partial charge in [-0.05, 0) is 18.1 Å². The van der Waals surface area contributed by atoms with Gasteiger partial charge in [0.1, 0.15) is 4.21 Å². The van der Waals surface area contributed by atoms with Crippen LogP contribution < -0.4 is 10.5 Å². The molecule has 18 heavy (non-hydrogen) atoms. The van der Waals surface area contributed by atoms with E-state index in [1.54, 1.807) is 12.1 Å². The summed E-state index contributed by atoms with van der Waals surface area (Å²) >= 11 is 1.19. The first-order chi connectivity index (χ1) is 8.45. The Hall–Kier alpha value is -0.470. The van der Waals surface area contributed by atoms with Crippen LogP contribution in [0.1, 0.15) is 18.7 Å². The Morgan fingerprint density at radius 2 is 2.17 bits per heavy atom. The Morgan fingerprint density at radius 3 is 2.72 bits per heavy atom. The van der Waals surface area contributed by atoms with Gasteiger partial charge < -0.3 is 10.5 Å². The van der Waals surface area contributed by atoms with E-state index in [0.717, 1.165) is 4.88 Å². The van der Waals surface area contributed by atoms with Gasteiger partial charge in [-0.15, -0.1) is 11.3 Å². The molecule has 0 saturated heterocycles. The molecule has 7 heteroatoms. The SMILES string of the molecule is CC(C)COCCNS(=O)(=O)c1ccc(CN)s1. The normalized spacial score (nSPS) is 12.2. The van der Waals surface area contributed by atoms with E-state index in [4.69, 9.17) is 10.5 Å². The highest BCUT2D eigenvalue weighted by atomic mass is 32.2. The van der Waals surface area contributed by atoms with Crippen molar-refractivity contribution < 1.29 is 13.2 Å². The van der Waals surface area contributed by atoms with E-state index in [0.29, 0.717) is 29.9 Å². The summed E-state index contributed by atoms with van der Waals surface area (Å²) in [7, 11) is -3.42. The van der Waals surface area contributed by atoms with Gasteiger partial charge in [0.25, 0.3) is 0 Å². The van der Waals surface area contributed by atoms with Gasteiger partial charge in [0.2, 0.25) is 10.0 Å². The Balaban J connectivity index is 2.40. The third kappa shape index (κ3) is 5.03. The highest BCUT2D eigenvalue weighted by Gasteiger charge is 2.15. The van der Waals surface area contributed by atoms with Gasteiger partial charge in [0.05, 0.1) is 6.61 Å². The van der Waals surface area contributed by atoms with Crippen LogP contribution in [0, 0.1) is 5.92 Å². The van der Waals surface area contributed by atoms with Crippen molar-refractivity contribution in [3.8, 4) is 0 Å². The van der Waals surface area contributed by atoms with Crippen molar-refractivity contribution in [3.63, 3.8) is 0 Å². The lowest BCUT2D eigenvalue weighted by atomic mass is 10.2. The third-order valence-electron chi connectivity index (χ3n) is 2.09. The van der Waals surface area contributed by atoms with Gasteiger partial charge in [0.15, 0.2) is 0 Å². The van der Waals surface area contributed by atoms with Crippen LogP contribution in [0.15, 0.2) is 16.3 Å². The standard InChI is InChI=1S/C11H20N2O3S2/c1-9(2)8-16-6-5-13-18(14,15)11-4-3-10(7-12)17-11/h3-4,9,13H,5-8,12H2,1-2H3. The number of hydrogen-bond donors (Lipinski definition) is 2. The first-order valence-electron chi connectivity index (χ1n) is 5.82. The summed E-state index contributed by atoms with van der Waals surface area (Å²) in [6.45, 7) is 5.75. The first kappa shape index (κ1) is 15.6. The summed E-state index contributed by atoms with van der Waals surface area (Å²) < 4.78 is 31.8. The molecule has 0 aromatic carbocycles. The minimum Gasteiger partial charge on any atom is -0.380 e. The number of nitrogens with two attached hydrogens (primary N) is 1. The fourth-order valence-corrected chi connectivity index (χ4v) is 3.54. The second kappa shape index (κ2) is 7.20. The van der Waals surface area contributed by atoms with Crippen molar-refractivity contribution in [2.24, 2.45) is 11.7 Å².